The highest BCUT2D eigenvalue weighted by Gasteiger charge is 2.28. The van der Waals surface area contributed by atoms with Gasteiger partial charge in [-0.3, -0.25) is 9.59 Å². The van der Waals surface area contributed by atoms with Crippen LogP contribution in [0.4, 0.5) is 17.1 Å². The molecule has 1 aliphatic carbocycles. The van der Waals surface area contributed by atoms with Gasteiger partial charge in [0.1, 0.15) is 11.5 Å². The third-order valence-corrected chi connectivity index (χ3v) is 7.46. The molecule has 2 aliphatic rings. The number of fused-ring (bicyclic) bond motifs is 2. The fraction of sp³-hybridized carbons (Fsp3) is 0.182. The number of rotatable bonds is 7. The Morgan fingerprint density at radius 2 is 1.71 bits per heavy atom. The van der Waals surface area contributed by atoms with Crippen LogP contribution in [0.1, 0.15) is 61.8 Å². The Kier molecular flexibility index (Phi) is 7.12. The molecule has 0 fully saturated rings. The van der Waals surface area contributed by atoms with Gasteiger partial charge in [0.05, 0.1) is 18.2 Å². The lowest BCUT2D eigenvalue weighted by molar-refractivity contribution is -0.110. The third kappa shape index (κ3) is 5.36. The zero-order valence-corrected chi connectivity index (χ0v) is 22.6. The van der Waals surface area contributed by atoms with E-state index in [4.69, 9.17) is 9.15 Å². The lowest BCUT2D eigenvalue weighted by Crippen LogP contribution is -2.12. The molecule has 0 spiro atoms. The van der Waals surface area contributed by atoms with E-state index in [1.807, 2.05) is 36.4 Å². The van der Waals surface area contributed by atoms with Crippen LogP contribution in [0, 0.1) is 0 Å². The molecule has 3 aromatic carbocycles. The molecule has 6 rings (SSSR count). The number of para-hydroxylation sites is 1. The number of benzene rings is 3. The lowest BCUT2D eigenvalue weighted by Gasteiger charge is -2.12. The molecule has 2 heterocycles. The minimum atomic E-state index is -0.469. The molecule has 0 atom stereocenters. The van der Waals surface area contributed by atoms with Crippen molar-refractivity contribution in [3.05, 3.63) is 112 Å². The summed E-state index contributed by atoms with van der Waals surface area (Å²) in [5, 5.41) is 9.29. The first-order valence-corrected chi connectivity index (χ1v) is 13.6. The second kappa shape index (κ2) is 11.2. The zero-order chi connectivity index (χ0) is 28.3. The van der Waals surface area contributed by atoms with Crippen LogP contribution in [-0.4, -0.2) is 24.9 Å². The molecule has 1 aliphatic heterocycles. The Labute approximate surface area is 237 Å². The fourth-order valence-electron chi connectivity index (χ4n) is 5.33. The van der Waals surface area contributed by atoms with Crippen molar-refractivity contribution in [1.29, 1.82) is 0 Å². The number of carbonyl (C=O) groups is 3. The summed E-state index contributed by atoms with van der Waals surface area (Å²) >= 11 is 0. The molecule has 0 saturated carbocycles. The van der Waals surface area contributed by atoms with Crippen LogP contribution in [0.15, 0.2) is 77.2 Å². The van der Waals surface area contributed by atoms with E-state index in [0.717, 1.165) is 42.7 Å². The Morgan fingerprint density at radius 1 is 0.951 bits per heavy atom. The summed E-state index contributed by atoms with van der Waals surface area (Å²) in [6.45, 7) is 0.585. The van der Waals surface area contributed by atoms with Crippen molar-refractivity contribution >= 4 is 46.5 Å². The molecule has 8 heteroatoms. The first-order valence-electron chi connectivity index (χ1n) is 13.6. The summed E-state index contributed by atoms with van der Waals surface area (Å²) in [5.41, 5.74) is 6.43. The summed E-state index contributed by atoms with van der Waals surface area (Å²) in [5.74, 6) is 0.642. The number of methoxy groups -OCH3 is 1. The largest absolute Gasteiger partial charge is 0.465 e. The van der Waals surface area contributed by atoms with E-state index in [1.165, 1.54) is 12.7 Å². The smallest absolute Gasteiger partial charge is 0.337 e. The number of hydrogen-bond acceptors (Lipinski definition) is 6. The van der Waals surface area contributed by atoms with Crippen LogP contribution in [0.5, 0.6) is 0 Å². The number of esters is 1. The van der Waals surface area contributed by atoms with Gasteiger partial charge >= 0.3 is 5.97 Å². The molecular weight excluding hydrogens is 518 g/mol. The van der Waals surface area contributed by atoms with E-state index in [1.54, 1.807) is 42.5 Å². The first-order chi connectivity index (χ1) is 20.0. The quantitative estimate of drug-likeness (QED) is 0.185. The van der Waals surface area contributed by atoms with Crippen molar-refractivity contribution in [1.82, 2.24) is 0 Å². The maximum absolute atomic E-state index is 13.1. The zero-order valence-electron chi connectivity index (χ0n) is 22.6. The summed E-state index contributed by atoms with van der Waals surface area (Å²) < 4.78 is 11.1. The number of amides is 2. The van der Waals surface area contributed by atoms with Gasteiger partial charge in [-0.25, -0.2) is 4.79 Å². The van der Waals surface area contributed by atoms with Crippen LogP contribution < -0.4 is 16.0 Å². The minimum absolute atomic E-state index is 0.224. The second-order valence-electron chi connectivity index (χ2n) is 10.1. The van der Waals surface area contributed by atoms with Gasteiger partial charge in [0.25, 0.3) is 11.8 Å². The van der Waals surface area contributed by atoms with Crippen molar-refractivity contribution in [3.8, 4) is 0 Å². The second-order valence-corrected chi connectivity index (χ2v) is 10.1. The molecule has 2 amide bonds. The molecule has 0 bridgehead atoms. The highest BCUT2D eigenvalue weighted by molar-refractivity contribution is 6.35. The first kappa shape index (κ1) is 26.1. The molecule has 0 radical (unpaired) electrons. The highest BCUT2D eigenvalue weighted by atomic mass is 16.5. The van der Waals surface area contributed by atoms with Gasteiger partial charge in [-0.2, -0.15) is 0 Å². The summed E-state index contributed by atoms with van der Waals surface area (Å²) in [6.07, 6.45) is 5.85. The molecule has 3 N–H and O–H groups in total. The molecule has 4 aromatic rings. The molecule has 1 aromatic heterocycles. The summed E-state index contributed by atoms with van der Waals surface area (Å²) in [6, 6.07) is 21.5. The van der Waals surface area contributed by atoms with E-state index in [-0.39, 0.29) is 11.8 Å². The van der Waals surface area contributed by atoms with Gasteiger partial charge in [0.15, 0.2) is 0 Å². The topological polar surface area (TPSA) is 110 Å². The number of hydrogen-bond donors (Lipinski definition) is 3. The van der Waals surface area contributed by atoms with Gasteiger partial charge in [0.2, 0.25) is 0 Å². The molecular formula is C33H29N3O5. The molecule has 41 heavy (non-hydrogen) atoms. The van der Waals surface area contributed by atoms with E-state index >= 15 is 0 Å². The summed E-state index contributed by atoms with van der Waals surface area (Å²) in [7, 11) is 1.31. The predicted octanol–water partition coefficient (Wildman–Crippen LogP) is 6.30. The van der Waals surface area contributed by atoms with Crippen LogP contribution >= 0.6 is 0 Å². The van der Waals surface area contributed by atoms with E-state index in [0.29, 0.717) is 45.9 Å². The Bertz CT molecular complexity index is 1670. The van der Waals surface area contributed by atoms with Gasteiger partial charge in [-0.1, -0.05) is 18.2 Å². The van der Waals surface area contributed by atoms with Crippen LogP contribution in [0.25, 0.3) is 11.6 Å². The molecule has 0 unspecified atom stereocenters. The van der Waals surface area contributed by atoms with E-state index < -0.39 is 5.97 Å². The number of carbonyl (C=O) groups excluding carboxylic acids is 3. The van der Waals surface area contributed by atoms with Crippen LogP contribution in [-0.2, 0) is 28.9 Å². The fourth-order valence-corrected chi connectivity index (χ4v) is 5.33. The van der Waals surface area contributed by atoms with Gasteiger partial charge in [-0.15, -0.1) is 0 Å². The van der Waals surface area contributed by atoms with Crippen molar-refractivity contribution in [2.24, 2.45) is 0 Å². The molecule has 8 nitrogen and oxygen atoms in total. The predicted molar refractivity (Wildman–Crippen MR) is 158 cm³/mol. The number of aryl methyl sites for hydroxylation is 1. The van der Waals surface area contributed by atoms with Crippen molar-refractivity contribution in [2.45, 2.75) is 32.2 Å². The van der Waals surface area contributed by atoms with E-state index in [9.17, 15) is 14.4 Å². The normalized spacial score (nSPS) is 14.7. The third-order valence-electron chi connectivity index (χ3n) is 7.46. The summed E-state index contributed by atoms with van der Waals surface area (Å²) in [4.78, 5) is 37.7. The maximum Gasteiger partial charge on any atom is 0.337 e. The highest BCUT2D eigenvalue weighted by Crippen LogP contribution is 2.38. The Hall–Kier alpha value is -5.11. The van der Waals surface area contributed by atoms with E-state index in [2.05, 4.69) is 16.0 Å². The van der Waals surface area contributed by atoms with Crippen LogP contribution in [0.3, 0.4) is 0 Å². The number of ether oxygens (including phenoxy) is 1. The monoisotopic (exact) mass is 547 g/mol. The molecule has 0 saturated heterocycles. The Morgan fingerprint density at radius 3 is 2.49 bits per heavy atom. The van der Waals surface area contributed by atoms with Gasteiger partial charge in [-0.05, 0) is 85.5 Å². The minimum Gasteiger partial charge on any atom is -0.465 e. The van der Waals surface area contributed by atoms with Gasteiger partial charge < -0.3 is 25.1 Å². The maximum atomic E-state index is 13.1. The van der Waals surface area contributed by atoms with Crippen LogP contribution in [0.2, 0.25) is 0 Å². The van der Waals surface area contributed by atoms with Crippen molar-refractivity contribution in [2.75, 3.05) is 23.1 Å². The SMILES string of the molecule is COC(=O)c1ccc(C(=O)Nc2ccc3c(c2)C(=Cc2oc4c(c2CNc2ccccc2)CCCC4)C(=O)N3)cc1. The lowest BCUT2D eigenvalue weighted by atomic mass is 9.94. The standard InChI is InChI=1S/C33H29N3O5/c1-40-33(39)21-13-11-20(12-14-21)31(37)35-23-15-16-28-25(17-23)26(32(38)36-28)18-30-27(19-34-22-7-3-2-4-8-22)24-9-5-6-10-29(24)41-30/h2-4,7-8,11-18,34H,5-6,9-10,19H2,1H3,(H,35,37)(H,36,38). The average Bonchev–Trinajstić information content (AvgIpc) is 3.52. The number of furan rings is 1. The van der Waals surface area contributed by atoms with Crippen molar-refractivity contribution < 1.29 is 23.5 Å². The van der Waals surface area contributed by atoms with Crippen molar-refractivity contribution in [3.63, 3.8) is 0 Å². The molecule has 206 valence electrons. The number of nitrogens with one attached hydrogen (secondary N) is 3. The average molecular weight is 548 g/mol. The number of anilines is 3. The Balaban J connectivity index is 1.28. The van der Waals surface area contributed by atoms with Gasteiger partial charge in [0, 0.05) is 46.7 Å².